The molecule has 5 nitrogen and oxygen atoms in total. The maximum Gasteiger partial charge on any atom is 0.255 e. The molecule has 1 aliphatic rings. The molecule has 0 aliphatic carbocycles. The van der Waals surface area contributed by atoms with Gasteiger partial charge in [0.2, 0.25) is 10.0 Å². The van der Waals surface area contributed by atoms with Crippen molar-refractivity contribution in [3.63, 3.8) is 0 Å². The highest BCUT2D eigenvalue weighted by Crippen LogP contribution is 2.22. The minimum Gasteiger partial charge on any atom is -0.322 e. The first-order valence-electron chi connectivity index (χ1n) is 10.5. The molecular formula is C23H30N2O3S. The van der Waals surface area contributed by atoms with Gasteiger partial charge in [0.15, 0.2) is 0 Å². The molecule has 1 fully saturated rings. The number of amides is 1. The largest absolute Gasteiger partial charge is 0.322 e. The van der Waals surface area contributed by atoms with Crippen molar-refractivity contribution < 1.29 is 13.2 Å². The molecule has 156 valence electrons. The van der Waals surface area contributed by atoms with Gasteiger partial charge in [-0.2, -0.15) is 4.31 Å². The summed E-state index contributed by atoms with van der Waals surface area (Å²) in [5, 5.41) is 2.86. The fraction of sp³-hybridized carbons (Fsp3) is 0.435. The first-order valence-corrected chi connectivity index (χ1v) is 12.0. The van der Waals surface area contributed by atoms with E-state index in [1.807, 2.05) is 24.3 Å². The molecule has 0 atom stereocenters. The van der Waals surface area contributed by atoms with E-state index in [1.165, 1.54) is 11.6 Å². The summed E-state index contributed by atoms with van der Waals surface area (Å²) in [4.78, 5) is 12.8. The summed E-state index contributed by atoms with van der Waals surface area (Å²) < 4.78 is 27.5. The molecule has 0 aromatic heterocycles. The van der Waals surface area contributed by atoms with Crippen molar-refractivity contribution in [1.29, 1.82) is 0 Å². The molecule has 0 radical (unpaired) electrons. The molecule has 1 heterocycles. The normalized spacial score (nSPS) is 15.6. The van der Waals surface area contributed by atoms with E-state index >= 15 is 0 Å². The lowest BCUT2D eigenvalue weighted by atomic mass is 10.1. The van der Waals surface area contributed by atoms with Crippen molar-refractivity contribution in [2.24, 2.45) is 0 Å². The topological polar surface area (TPSA) is 66.5 Å². The molecule has 1 amide bonds. The van der Waals surface area contributed by atoms with Crippen LogP contribution in [0.5, 0.6) is 0 Å². The smallest absolute Gasteiger partial charge is 0.255 e. The molecule has 0 bridgehead atoms. The number of nitrogens with one attached hydrogen (secondary N) is 1. The zero-order valence-electron chi connectivity index (χ0n) is 17.1. The van der Waals surface area contributed by atoms with Gasteiger partial charge in [0.25, 0.3) is 5.91 Å². The van der Waals surface area contributed by atoms with Gasteiger partial charge in [0.1, 0.15) is 0 Å². The lowest BCUT2D eigenvalue weighted by molar-refractivity contribution is 0.102. The Bertz CT molecular complexity index is 915. The van der Waals surface area contributed by atoms with Gasteiger partial charge >= 0.3 is 0 Å². The monoisotopic (exact) mass is 414 g/mol. The molecule has 1 N–H and O–H groups in total. The minimum atomic E-state index is -3.58. The number of unbranched alkanes of at least 4 members (excludes halogenated alkanes) is 1. The van der Waals surface area contributed by atoms with Gasteiger partial charge in [-0.1, -0.05) is 44.4 Å². The van der Waals surface area contributed by atoms with Crippen LogP contribution in [0, 0.1) is 0 Å². The summed E-state index contributed by atoms with van der Waals surface area (Å²) in [6.07, 6.45) is 7.21. The number of anilines is 1. The van der Waals surface area contributed by atoms with Gasteiger partial charge in [-0.15, -0.1) is 0 Å². The third kappa shape index (κ3) is 5.67. The number of benzene rings is 2. The second-order valence-electron chi connectivity index (χ2n) is 7.60. The van der Waals surface area contributed by atoms with Crippen LogP contribution in [0.1, 0.15) is 61.4 Å². The summed E-state index contributed by atoms with van der Waals surface area (Å²) >= 11 is 0. The fourth-order valence-corrected chi connectivity index (χ4v) is 5.13. The van der Waals surface area contributed by atoms with Crippen molar-refractivity contribution in [3.8, 4) is 0 Å². The van der Waals surface area contributed by atoms with E-state index in [-0.39, 0.29) is 10.8 Å². The summed E-state index contributed by atoms with van der Waals surface area (Å²) in [6.45, 7) is 3.25. The molecule has 29 heavy (non-hydrogen) atoms. The second-order valence-corrected chi connectivity index (χ2v) is 9.54. The van der Waals surface area contributed by atoms with Crippen LogP contribution in [0.25, 0.3) is 0 Å². The molecule has 3 rings (SSSR count). The maximum atomic E-state index is 13.0. The van der Waals surface area contributed by atoms with E-state index in [0.29, 0.717) is 24.3 Å². The molecule has 6 heteroatoms. The van der Waals surface area contributed by atoms with Gasteiger partial charge in [-0.25, -0.2) is 8.42 Å². The molecule has 2 aromatic carbocycles. The highest BCUT2D eigenvalue weighted by molar-refractivity contribution is 7.89. The average molecular weight is 415 g/mol. The Balaban J connectivity index is 1.72. The zero-order valence-corrected chi connectivity index (χ0v) is 17.9. The van der Waals surface area contributed by atoms with Crippen molar-refractivity contribution in [2.75, 3.05) is 18.4 Å². The number of carbonyl (C=O) groups excluding carboxylic acids is 1. The van der Waals surface area contributed by atoms with Gasteiger partial charge in [0.05, 0.1) is 4.90 Å². The first kappa shape index (κ1) is 21.5. The van der Waals surface area contributed by atoms with Crippen LogP contribution in [-0.4, -0.2) is 31.7 Å². The number of hydrogen-bond donors (Lipinski definition) is 1. The van der Waals surface area contributed by atoms with Gasteiger partial charge in [0, 0.05) is 24.3 Å². The van der Waals surface area contributed by atoms with Crippen LogP contribution >= 0.6 is 0 Å². The highest BCUT2D eigenvalue weighted by Gasteiger charge is 2.25. The van der Waals surface area contributed by atoms with Crippen molar-refractivity contribution in [3.05, 3.63) is 59.7 Å². The third-order valence-corrected chi connectivity index (χ3v) is 7.22. The van der Waals surface area contributed by atoms with Gasteiger partial charge in [-0.05, 0) is 61.6 Å². The molecule has 0 unspecified atom stereocenters. The number of sulfonamides is 1. The maximum absolute atomic E-state index is 13.0. The highest BCUT2D eigenvalue weighted by atomic mass is 32.2. The Kier molecular flexibility index (Phi) is 7.45. The molecule has 0 spiro atoms. The van der Waals surface area contributed by atoms with E-state index < -0.39 is 10.0 Å². The molecule has 0 saturated carbocycles. The number of carbonyl (C=O) groups is 1. The van der Waals surface area contributed by atoms with Crippen molar-refractivity contribution in [1.82, 2.24) is 4.31 Å². The summed E-state index contributed by atoms with van der Waals surface area (Å²) in [6, 6.07) is 14.1. The molecule has 2 aromatic rings. The lowest BCUT2D eigenvalue weighted by Gasteiger charge is -2.20. The Morgan fingerprint density at radius 3 is 2.34 bits per heavy atom. The van der Waals surface area contributed by atoms with Gasteiger partial charge in [-0.3, -0.25) is 4.79 Å². The summed E-state index contributed by atoms with van der Waals surface area (Å²) in [5.74, 6) is -0.306. The fourth-order valence-electron chi connectivity index (χ4n) is 3.57. The predicted octanol–water partition coefficient (Wildman–Crippen LogP) is 4.85. The van der Waals surface area contributed by atoms with Crippen LogP contribution in [0.3, 0.4) is 0 Å². The van der Waals surface area contributed by atoms with Crippen LogP contribution in [0.15, 0.2) is 53.4 Å². The standard InChI is InChI=1S/C23H30N2O3S/c1-2-3-9-19-12-14-21(15-13-19)24-23(26)20-10-8-11-22(18-20)29(27,28)25-16-6-4-5-7-17-25/h8,10-15,18H,2-7,9,16-17H2,1H3,(H,24,26). The number of nitrogens with zero attached hydrogens (tertiary/aromatic N) is 1. The summed E-state index contributed by atoms with van der Waals surface area (Å²) in [5.41, 5.74) is 2.29. The Hall–Kier alpha value is -2.18. The zero-order chi connectivity index (χ0) is 20.7. The number of aryl methyl sites for hydroxylation is 1. The van der Waals surface area contributed by atoms with Crippen LogP contribution in [0.4, 0.5) is 5.69 Å². The second kappa shape index (κ2) is 10.0. The van der Waals surface area contributed by atoms with E-state index in [9.17, 15) is 13.2 Å². The first-order chi connectivity index (χ1) is 14.0. The van der Waals surface area contributed by atoms with Crippen LogP contribution in [0.2, 0.25) is 0 Å². The minimum absolute atomic E-state index is 0.182. The average Bonchev–Trinajstić information content (AvgIpc) is 3.03. The number of rotatable bonds is 7. The molecule has 1 saturated heterocycles. The van der Waals surface area contributed by atoms with Crippen LogP contribution < -0.4 is 5.32 Å². The molecular weight excluding hydrogens is 384 g/mol. The predicted molar refractivity (Wildman–Crippen MR) is 117 cm³/mol. The van der Waals surface area contributed by atoms with E-state index in [0.717, 1.165) is 44.9 Å². The number of hydrogen-bond acceptors (Lipinski definition) is 3. The third-order valence-electron chi connectivity index (χ3n) is 5.33. The Labute approximate surface area is 174 Å². The Morgan fingerprint density at radius 1 is 1.00 bits per heavy atom. The molecule has 1 aliphatic heterocycles. The quantitative estimate of drug-likeness (QED) is 0.704. The summed E-state index contributed by atoms with van der Waals surface area (Å²) in [7, 11) is -3.58. The van der Waals surface area contributed by atoms with E-state index in [1.54, 1.807) is 22.5 Å². The van der Waals surface area contributed by atoms with E-state index in [2.05, 4.69) is 12.2 Å². The van der Waals surface area contributed by atoms with Crippen molar-refractivity contribution >= 4 is 21.6 Å². The van der Waals surface area contributed by atoms with Crippen molar-refractivity contribution in [2.45, 2.75) is 56.8 Å². The van der Waals surface area contributed by atoms with Crippen LogP contribution in [-0.2, 0) is 16.4 Å². The lowest BCUT2D eigenvalue weighted by Crippen LogP contribution is -2.32. The van der Waals surface area contributed by atoms with Gasteiger partial charge < -0.3 is 5.32 Å². The SMILES string of the molecule is CCCCc1ccc(NC(=O)c2cccc(S(=O)(=O)N3CCCCCC3)c2)cc1. The Morgan fingerprint density at radius 2 is 1.69 bits per heavy atom. The van der Waals surface area contributed by atoms with E-state index in [4.69, 9.17) is 0 Å².